The maximum atomic E-state index is 12.2. The van der Waals surface area contributed by atoms with Gasteiger partial charge in [0.15, 0.2) is 11.9 Å². The summed E-state index contributed by atoms with van der Waals surface area (Å²) >= 11 is 0. The number of aryl methyl sites for hydroxylation is 1. The number of anilines is 1. The Hall–Kier alpha value is -3.33. The molecule has 2 atom stereocenters. The maximum absolute atomic E-state index is 12.2. The van der Waals surface area contributed by atoms with Gasteiger partial charge in [0.1, 0.15) is 30.3 Å². The molecular formula is C27H39N4O11P. The lowest BCUT2D eigenvalue weighted by atomic mass is 10.1. The van der Waals surface area contributed by atoms with Crippen molar-refractivity contribution in [2.45, 2.75) is 52.7 Å². The number of nitrogens with zero attached hydrogens (tertiary/aromatic N) is 3. The lowest BCUT2D eigenvalue weighted by Gasteiger charge is -2.17. The fourth-order valence-corrected chi connectivity index (χ4v) is 4.92. The summed E-state index contributed by atoms with van der Waals surface area (Å²) < 4.78 is 44.7. The van der Waals surface area contributed by atoms with Crippen molar-refractivity contribution < 1.29 is 52.1 Å². The van der Waals surface area contributed by atoms with E-state index >= 15 is 0 Å². The second-order valence-corrected chi connectivity index (χ2v) is 10.9. The summed E-state index contributed by atoms with van der Waals surface area (Å²) in [5.74, 6) is 0.448. The Bertz CT molecular complexity index is 1430. The molecule has 1 unspecified atom stereocenters. The van der Waals surface area contributed by atoms with Gasteiger partial charge in [-0.15, -0.1) is 0 Å². The molecule has 15 nitrogen and oxygen atoms in total. The predicted octanol–water partition coefficient (Wildman–Crippen LogP) is 2.53. The summed E-state index contributed by atoms with van der Waals surface area (Å²) in [6.07, 6.45) is 1.89. The van der Waals surface area contributed by atoms with Crippen LogP contribution in [0.2, 0.25) is 0 Å². The third-order valence-electron chi connectivity index (χ3n) is 6.03. The molecule has 0 bridgehead atoms. The zero-order chi connectivity index (χ0) is 31.4. The van der Waals surface area contributed by atoms with Gasteiger partial charge < -0.3 is 39.2 Å². The van der Waals surface area contributed by atoms with E-state index in [9.17, 15) is 24.2 Å². The Labute approximate surface area is 248 Å². The number of hydrogen-bond donors (Lipinski definition) is 3. The van der Waals surface area contributed by atoms with Crippen LogP contribution in [0.3, 0.4) is 0 Å². The second-order valence-electron chi connectivity index (χ2n) is 9.47. The quantitative estimate of drug-likeness (QED) is 0.0994. The summed E-state index contributed by atoms with van der Waals surface area (Å²) in [4.78, 5) is 41.2. The van der Waals surface area contributed by atoms with Crippen LogP contribution < -0.4 is 10.5 Å². The largest absolute Gasteiger partial charge is 0.491 e. The maximum Gasteiger partial charge on any atom is 0.472 e. The molecule has 0 saturated carbocycles. The van der Waals surface area contributed by atoms with Gasteiger partial charge in [0, 0.05) is 38.3 Å². The van der Waals surface area contributed by atoms with Crippen LogP contribution in [0.4, 0.5) is 5.82 Å². The lowest BCUT2D eigenvalue weighted by molar-refractivity contribution is -0.160. The smallest absolute Gasteiger partial charge is 0.472 e. The molecule has 2 heterocycles. The van der Waals surface area contributed by atoms with Crippen LogP contribution in [0.1, 0.15) is 39.4 Å². The van der Waals surface area contributed by atoms with Crippen molar-refractivity contribution in [1.29, 1.82) is 0 Å². The number of aliphatic hydroxyl groups excluding tert-OH is 1. The molecule has 3 aromatic rings. The number of benzene rings is 1. The normalized spacial score (nSPS) is 13.6. The fourth-order valence-electron chi connectivity index (χ4n) is 4.23. The number of pyridine rings is 1. The van der Waals surface area contributed by atoms with Gasteiger partial charge in [-0.25, -0.2) is 14.5 Å². The molecule has 0 saturated heterocycles. The van der Waals surface area contributed by atoms with Crippen molar-refractivity contribution in [2.24, 2.45) is 0 Å². The predicted molar refractivity (Wildman–Crippen MR) is 155 cm³/mol. The number of carbonyl (C=O) groups excluding carboxylic acids is 2. The lowest BCUT2D eigenvalue weighted by Crippen LogP contribution is -2.29. The van der Waals surface area contributed by atoms with E-state index in [0.29, 0.717) is 23.3 Å². The Morgan fingerprint density at radius 3 is 2.49 bits per heavy atom. The van der Waals surface area contributed by atoms with E-state index in [-0.39, 0.29) is 52.1 Å². The molecule has 0 amide bonds. The zero-order valence-electron chi connectivity index (χ0n) is 24.5. The van der Waals surface area contributed by atoms with Gasteiger partial charge in [-0.2, -0.15) is 0 Å². The van der Waals surface area contributed by atoms with E-state index in [0.717, 1.165) is 36.0 Å². The second kappa shape index (κ2) is 16.5. The molecule has 0 aliphatic heterocycles. The van der Waals surface area contributed by atoms with E-state index in [4.69, 9.17) is 38.7 Å². The molecule has 3 rings (SSSR count). The highest BCUT2D eigenvalue weighted by molar-refractivity contribution is 7.47. The van der Waals surface area contributed by atoms with Gasteiger partial charge in [0.05, 0.1) is 44.1 Å². The minimum absolute atomic E-state index is 0.0465. The molecule has 0 aliphatic carbocycles. The Morgan fingerprint density at radius 2 is 1.81 bits per heavy atom. The number of hydrogen-bond acceptors (Lipinski definition) is 13. The number of imidazole rings is 1. The first-order valence-electron chi connectivity index (χ1n) is 13.9. The van der Waals surface area contributed by atoms with Gasteiger partial charge in [-0.1, -0.05) is 13.3 Å². The number of aromatic nitrogens is 3. The summed E-state index contributed by atoms with van der Waals surface area (Å²) in [6, 6.07) is 5.26. The molecule has 4 N–H and O–H groups in total. The number of nitrogens with two attached hydrogens (primary N) is 1. The van der Waals surface area contributed by atoms with E-state index in [1.54, 1.807) is 12.1 Å². The van der Waals surface area contributed by atoms with Crippen LogP contribution in [0, 0.1) is 0 Å². The average Bonchev–Trinajstić information content (AvgIpc) is 3.31. The number of esters is 2. The van der Waals surface area contributed by atoms with Crippen molar-refractivity contribution in [3.63, 3.8) is 0 Å². The molecule has 2 aromatic heterocycles. The average molecular weight is 627 g/mol. The van der Waals surface area contributed by atoms with E-state index in [1.807, 2.05) is 10.6 Å². The highest BCUT2D eigenvalue weighted by Gasteiger charge is 2.22. The number of phosphoric ester groups is 1. The van der Waals surface area contributed by atoms with Crippen LogP contribution in [-0.2, 0) is 50.4 Å². The molecule has 0 radical (unpaired) electrons. The third kappa shape index (κ3) is 10.4. The Kier molecular flexibility index (Phi) is 13.1. The highest BCUT2D eigenvalue weighted by atomic mass is 31.2. The van der Waals surface area contributed by atoms with Crippen LogP contribution in [0.25, 0.3) is 21.9 Å². The van der Waals surface area contributed by atoms with Gasteiger partial charge >= 0.3 is 19.8 Å². The minimum Gasteiger partial charge on any atom is -0.491 e. The Balaban J connectivity index is 1.50. The Morgan fingerprint density at radius 1 is 1.07 bits per heavy atom. The molecule has 0 aliphatic rings. The summed E-state index contributed by atoms with van der Waals surface area (Å²) in [5.41, 5.74) is 8.19. The zero-order valence-corrected chi connectivity index (χ0v) is 25.4. The number of aliphatic hydroxyl groups is 1. The molecule has 43 heavy (non-hydrogen) atoms. The molecule has 16 heteroatoms. The van der Waals surface area contributed by atoms with E-state index in [1.165, 1.54) is 13.8 Å². The van der Waals surface area contributed by atoms with E-state index < -0.39 is 25.9 Å². The van der Waals surface area contributed by atoms with Crippen LogP contribution in [0.5, 0.6) is 5.75 Å². The van der Waals surface area contributed by atoms with E-state index in [2.05, 4.69) is 11.9 Å². The molecule has 1 aromatic carbocycles. The van der Waals surface area contributed by atoms with Crippen molar-refractivity contribution in [1.82, 2.24) is 14.5 Å². The fraction of sp³-hybridized carbons (Fsp3) is 0.556. The first-order valence-corrected chi connectivity index (χ1v) is 15.4. The molecule has 0 spiro atoms. The number of phosphoric acid groups is 1. The van der Waals surface area contributed by atoms with Crippen LogP contribution in [-0.4, -0.2) is 88.8 Å². The van der Waals surface area contributed by atoms with Gasteiger partial charge in [-0.3, -0.25) is 18.6 Å². The number of rotatable bonds is 19. The number of ether oxygens (including phenoxy) is 4. The summed E-state index contributed by atoms with van der Waals surface area (Å²) in [5, 5.41) is 10.5. The van der Waals surface area contributed by atoms with Crippen molar-refractivity contribution in [2.75, 3.05) is 52.0 Å². The number of carbonyl (C=O) groups is 2. The van der Waals surface area contributed by atoms with Crippen LogP contribution in [0.15, 0.2) is 18.2 Å². The first-order chi connectivity index (χ1) is 20.5. The van der Waals surface area contributed by atoms with Crippen molar-refractivity contribution in [3.8, 4) is 5.75 Å². The third-order valence-corrected chi connectivity index (χ3v) is 7.05. The van der Waals surface area contributed by atoms with Crippen molar-refractivity contribution in [3.05, 3.63) is 24.0 Å². The highest BCUT2D eigenvalue weighted by Crippen LogP contribution is 2.42. The van der Waals surface area contributed by atoms with Gasteiger partial charge in [0.25, 0.3) is 0 Å². The topological polar surface area (TPSA) is 204 Å². The molecule has 0 fully saturated rings. The van der Waals surface area contributed by atoms with Gasteiger partial charge in [-0.05, 0) is 18.6 Å². The SMILES string of the molecule is CCCCc1nc2c(N)nc3cc(OCCOP(=O)(O)OCCOC[C@@H](COC(C)=O)OC(C)=O)ccc3c2n1CCO. The van der Waals surface area contributed by atoms with Gasteiger partial charge in [0.2, 0.25) is 0 Å². The molecule has 238 valence electrons. The number of nitrogen functional groups attached to an aromatic ring is 1. The minimum atomic E-state index is -4.39. The van der Waals surface area contributed by atoms with Crippen molar-refractivity contribution >= 4 is 47.5 Å². The number of fused-ring (bicyclic) bond motifs is 3. The standard InChI is InChI=1S/C27H39N4O11P/c1-4-5-6-24-30-25-26(31(24)9-10-32)22-8-7-20(15-23(22)29-27(25)28)38-12-14-41-43(35,36)40-13-11-37-16-21(42-19(3)34)17-39-18(2)33/h7-8,15,21,32H,4-6,9-14,16-17H2,1-3H3,(H2,28,29)(H,35,36)/t21-/m0/s1. The first kappa shape index (κ1) is 34.2. The monoisotopic (exact) mass is 626 g/mol. The molecular weight excluding hydrogens is 587 g/mol. The van der Waals surface area contributed by atoms with Crippen LogP contribution >= 0.6 is 7.82 Å². The number of unbranched alkanes of at least 4 members (excludes halogenated alkanes) is 1. The summed E-state index contributed by atoms with van der Waals surface area (Å²) in [6.45, 7) is 3.86. The summed E-state index contributed by atoms with van der Waals surface area (Å²) in [7, 11) is -4.39.